The Morgan fingerprint density at radius 3 is 2.44 bits per heavy atom. The third kappa shape index (κ3) is 3.78. The maximum absolute atomic E-state index is 13.0. The first-order valence-electron chi connectivity index (χ1n) is 7.75. The van der Waals surface area contributed by atoms with Crippen molar-refractivity contribution in [3.63, 3.8) is 0 Å². The number of hydrogen-bond acceptors (Lipinski definition) is 4. The molecule has 1 heterocycles. The van der Waals surface area contributed by atoms with Crippen molar-refractivity contribution in [1.29, 1.82) is 0 Å². The topological polar surface area (TPSA) is 62.1 Å². The average Bonchev–Trinajstić information content (AvgIpc) is 2.85. The molecule has 0 fully saturated rings. The van der Waals surface area contributed by atoms with E-state index >= 15 is 0 Å². The van der Waals surface area contributed by atoms with Gasteiger partial charge in [0.25, 0.3) is 5.91 Å². The molecular weight excluding hydrogens is 337 g/mol. The SMILES string of the molecule is Cc1ccccc1OCC(=O)N1N=C(C(F)(F)F)CC1(O)C(C)(C)C. The van der Waals surface area contributed by atoms with E-state index in [1.54, 1.807) is 52.0 Å². The summed E-state index contributed by atoms with van der Waals surface area (Å²) in [6.45, 7) is 5.89. The number of alkyl halides is 3. The zero-order valence-electron chi connectivity index (χ0n) is 14.5. The van der Waals surface area contributed by atoms with Gasteiger partial charge in [-0.1, -0.05) is 39.0 Å². The zero-order chi connectivity index (χ0) is 19.0. The van der Waals surface area contributed by atoms with E-state index in [-0.39, 0.29) is 0 Å². The molecule has 1 aromatic rings. The molecule has 5 nitrogen and oxygen atoms in total. The number of nitrogens with zero attached hydrogens (tertiary/aromatic N) is 2. The number of amides is 1. The molecule has 138 valence electrons. The van der Waals surface area contributed by atoms with Gasteiger partial charge in [0.1, 0.15) is 11.5 Å². The summed E-state index contributed by atoms with van der Waals surface area (Å²) < 4.78 is 44.4. The summed E-state index contributed by atoms with van der Waals surface area (Å²) in [5.41, 5.74) is -3.53. The van der Waals surface area contributed by atoms with E-state index in [0.29, 0.717) is 10.8 Å². The minimum atomic E-state index is -4.72. The van der Waals surface area contributed by atoms with Gasteiger partial charge >= 0.3 is 6.18 Å². The Bertz CT molecular complexity index is 695. The van der Waals surface area contributed by atoms with Crippen LogP contribution in [0.1, 0.15) is 32.8 Å². The first-order chi connectivity index (χ1) is 11.4. The van der Waals surface area contributed by atoms with Crippen LogP contribution in [-0.2, 0) is 4.79 Å². The van der Waals surface area contributed by atoms with Crippen LogP contribution in [-0.4, -0.2) is 40.2 Å². The molecule has 1 aliphatic heterocycles. The second kappa shape index (κ2) is 6.33. The van der Waals surface area contributed by atoms with Gasteiger partial charge in [-0.15, -0.1) is 0 Å². The standard InChI is InChI=1S/C17H21F3N2O3/c1-11-7-5-6-8-12(11)25-10-14(23)22-16(24,15(2,3)4)9-13(21-22)17(18,19)20/h5-8,24H,9-10H2,1-4H3. The first-order valence-corrected chi connectivity index (χ1v) is 7.75. The Balaban J connectivity index is 2.24. The number of rotatable bonds is 3. The van der Waals surface area contributed by atoms with Crippen LogP contribution >= 0.6 is 0 Å². The highest BCUT2D eigenvalue weighted by Gasteiger charge is 2.57. The van der Waals surface area contributed by atoms with Gasteiger partial charge in [-0.25, -0.2) is 0 Å². The maximum atomic E-state index is 13.0. The summed E-state index contributed by atoms with van der Waals surface area (Å²) in [6, 6.07) is 6.94. The van der Waals surface area contributed by atoms with E-state index < -0.39 is 42.0 Å². The van der Waals surface area contributed by atoms with Crippen LogP contribution in [0.5, 0.6) is 5.75 Å². The van der Waals surface area contributed by atoms with Gasteiger partial charge in [-0.05, 0) is 18.6 Å². The molecule has 8 heteroatoms. The van der Waals surface area contributed by atoms with Crippen LogP contribution in [0.15, 0.2) is 29.4 Å². The summed E-state index contributed by atoms with van der Waals surface area (Å²) in [5, 5.41) is 14.6. The highest BCUT2D eigenvalue weighted by Crippen LogP contribution is 2.43. The number of benzene rings is 1. The molecule has 1 aliphatic rings. The lowest BCUT2D eigenvalue weighted by molar-refractivity contribution is -0.183. The summed E-state index contributed by atoms with van der Waals surface area (Å²) in [6.07, 6.45) is -5.50. The van der Waals surface area contributed by atoms with Gasteiger partial charge in [0.05, 0.1) is 0 Å². The monoisotopic (exact) mass is 358 g/mol. The summed E-state index contributed by atoms with van der Waals surface area (Å²) >= 11 is 0. The van der Waals surface area contributed by atoms with E-state index in [1.165, 1.54) is 0 Å². The molecular formula is C17H21F3N2O3. The number of aliphatic hydroxyl groups is 1. The fraction of sp³-hybridized carbons (Fsp3) is 0.529. The highest BCUT2D eigenvalue weighted by molar-refractivity contribution is 5.94. The first kappa shape index (κ1) is 19.2. The Labute approximate surface area is 144 Å². The molecule has 1 atom stereocenters. The van der Waals surface area contributed by atoms with Gasteiger partial charge in [-0.3, -0.25) is 4.79 Å². The number of para-hydroxylation sites is 1. The van der Waals surface area contributed by atoms with Crippen molar-refractivity contribution in [3.05, 3.63) is 29.8 Å². The Morgan fingerprint density at radius 2 is 1.92 bits per heavy atom. The van der Waals surface area contributed by atoms with Crippen LogP contribution in [0, 0.1) is 12.3 Å². The fourth-order valence-electron chi connectivity index (χ4n) is 2.47. The van der Waals surface area contributed by atoms with Gasteiger partial charge < -0.3 is 9.84 Å². The van der Waals surface area contributed by atoms with E-state index in [2.05, 4.69) is 5.10 Å². The molecule has 1 aromatic carbocycles. The van der Waals surface area contributed by atoms with Crippen LogP contribution in [0.3, 0.4) is 0 Å². The third-order valence-corrected chi connectivity index (χ3v) is 4.19. The zero-order valence-corrected chi connectivity index (χ0v) is 14.5. The summed E-state index contributed by atoms with van der Waals surface area (Å²) in [7, 11) is 0. The molecule has 1 amide bonds. The number of carbonyl (C=O) groups excluding carboxylic acids is 1. The lowest BCUT2D eigenvalue weighted by Crippen LogP contribution is -2.56. The lowest BCUT2D eigenvalue weighted by atomic mass is 9.80. The maximum Gasteiger partial charge on any atom is 0.431 e. The Morgan fingerprint density at radius 1 is 1.32 bits per heavy atom. The van der Waals surface area contributed by atoms with E-state index in [4.69, 9.17) is 4.74 Å². The predicted molar refractivity (Wildman–Crippen MR) is 86.0 cm³/mol. The minimum Gasteiger partial charge on any atom is -0.483 e. The van der Waals surface area contributed by atoms with Crippen LogP contribution in [0.4, 0.5) is 13.2 Å². The molecule has 0 bridgehead atoms. The van der Waals surface area contributed by atoms with Crippen LogP contribution in [0.2, 0.25) is 0 Å². The van der Waals surface area contributed by atoms with E-state index in [9.17, 15) is 23.1 Å². The van der Waals surface area contributed by atoms with E-state index in [0.717, 1.165) is 5.56 Å². The third-order valence-electron chi connectivity index (χ3n) is 4.19. The second-order valence-electron chi connectivity index (χ2n) is 7.05. The van der Waals surface area contributed by atoms with Gasteiger partial charge in [0.2, 0.25) is 0 Å². The number of hydrogen-bond donors (Lipinski definition) is 1. The van der Waals surface area contributed by atoms with Crippen molar-refractivity contribution in [1.82, 2.24) is 5.01 Å². The molecule has 0 aliphatic carbocycles. The quantitative estimate of drug-likeness (QED) is 0.902. The molecule has 0 radical (unpaired) electrons. The van der Waals surface area contributed by atoms with E-state index in [1.807, 2.05) is 0 Å². The Hall–Kier alpha value is -2.09. The second-order valence-corrected chi connectivity index (χ2v) is 7.05. The average molecular weight is 358 g/mol. The van der Waals surface area contributed by atoms with Crippen LogP contribution in [0.25, 0.3) is 0 Å². The minimum absolute atomic E-state index is 0.439. The predicted octanol–water partition coefficient (Wildman–Crippen LogP) is 3.26. The van der Waals surface area contributed by atoms with Crippen molar-refractivity contribution < 1.29 is 27.8 Å². The van der Waals surface area contributed by atoms with Crippen molar-refractivity contribution in [2.45, 2.75) is 46.0 Å². The fourth-order valence-corrected chi connectivity index (χ4v) is 2.47. The van der Waals surface area contributed by atoms with Crippen LogP contribution < -0.4 is 4.74 Å². The molecule has 1 N–H and O–H groups in total. The van der Waals surface area contributed by atoms with Crippen molar-refractivity contribution in [2.24, 2.45) is 10.5 Å². The van der Waals surface area contributed by atoms with Crippen molar-refractivity contribution in [2.75, 3.05) is 6.61 Å². The molecule has 25 heavy (non-hydrogen) atoms. The van der Waals surface area contributed by atoms with Crippen molar-refractivity contribution >= 4 is 11.6 Å². The van der Waals surface area contributed by atoms with Crippen molar-refractivity contribution in [3.8, 4) is 5.75 Å². The van der Waals surface area contributed by atoms with Gasteiger partial charge in [0, 0.05) is 11.8 Å². The number of carbonyl (C=O) groups is 1. The Kier molecular flexibility index (Phi) is 4.87. The molecule has 0 saturated carbocycles. The number of ether oxygens (including phenoxy) is 1. The summed E-state index contributed by atoms with van der Waals surface area (Å²) in [4.78, 5) is 12.4. The number of hydrazone groups is 1. The largest absolute Gasteiger partial charge is 0.483 e. The van der Waals surface area contributed by atoms with Gasteiger partial charge in [-0.2, -0.15) is 23.3 Å². The summed E-state index contributed by atoms with van der Waals surface area (Å²) in [5.74, 6) is -0.408. The smallest absolute Gasteiger partial charge is 0.431 e. The molecule has 1 unspecified atom stereocenters. The lowest BCUT2D eigenvalue weighted by Gasteiger charge is -2.41. The molecule has 2 rings (SSSR count). The number of aryl methyl sites for hydroxylation is 1. The highest BCUT2D eigenvalue weighted by atomic mass is 19.4. The molecule has 0 aromatic heterocycles. The van der Waals surface area contributed by atoms with Gasteiger partial charge in [0.15, 0.2) is 12.3 Å². The normalized spacial score (nSPS) is 21.3. The molecule has 0 spiro atoms. The number of halogens is 3. The molecule has 0 saturated heterocycles.